The molecule has 0 radical (unpaired) electrons. The molecule has 0 aliphatic rings. The molecule has 7 heteroatoms. The highest BCUT2D eigenvalue weighted by molar-refractivity contribution is 7.98. The zero-order valence-electron chi connectivity index (χ0n) is 6.98. The summed E-state index contributed by atoms with van der Waals surface area (Å²) < 4.78 is 22.2. The molecule has 4 nitrogen and oxygen atoms in total. The molecular weight excluding hydrogens is 232 g/mol. The molecule has 0 amide bonds. The largest absolute Gasteiger partial charge is 0.224 e. The fourth-order valence-corrected chi connectivity index (χ4v) is 2.01. The predicted octanol–water partition coefficient (Wildman–Crippen LogP) is 1.26. The summed E-state index contributed by atoms with van der Waals surface area (Å²) in [5, 5.41) is 0.449. The van der Waals surface area contributed by atoms with Crippen LogP contribution in [0.1, 0.15) is 0 Å². The third kappa shape index (κ3) is 2.82. The topological polar surface area (TPSA) is 59.9 Å². The number of aromatic nitrogens is 2. The minimum atomic E-state index is -3.31. The number of thioether (sulfide) groups is 1. The molecule has 0 N–H and O–H groups in total. The molecule has 72 valence electrons. The third-order valence-electron chi connectivity index (χ3n) is 1.24. The molecule has 0 saturated heterocycles. The van der Waals surface area contributed by atoms with Crippen molar-refractivity contribution in [2.75, 3.05) is 12.5 Å². The van der Waals surface area contributed by atoms with Crippen LogP contribution < -0.4 is 0 Å². The number of halogens is 1. The Kier molecular flexibility index (Phi) is 3.15. The van der Waals surface area contributed by atoms with Crippen LogP contribution in [0.5, 0.6) is 0 Å². The average Bonchev–Trinajstić information content (AvgIpc) is 2.01. The highest BCUT2D eigenvalue weighted by atomic mass is 35.5. The van der Waals surface area contributed by atoms with Crippen LogP contribution in [0.15, 0.2) is 16.1 Å². The van der Waals surface area contributed by atoms with Crippen LogP contribution in [0, 0.1) is 0 Å². The standard InChI is InChI=1S/C6H7ClN2O2S2/c1-12-4-3-5(13(2,10)11)9-6(7)8-4/h3H,1-2H3. The molecule has 0 spiro atoms. The van der Waals surface area contributed by atoms with Crippen molar-refractivity contribution in [3.05, 3.63) is 11.3 Å². The lowest BCUT2D eigenvalue weighted by Gasteiger charge is -2.00. The second kappa shape index (κ2) is 3.81. The molecule has 0 unspecified atom stereocenters. The smallest absolute Gasteiger partial charge is 0.222 e. The molecule has 0 saturated carbocycles. The van der Waals surface area contributed by atoms with Gasteiger partial charge in [-0.25, -0.2) is 18.4 Å². The minimum absolute atomic E-state index is 0.0446. The van der Waals surface area contributed by atoms with E-state index in [1.807, 2.05) is 0 Å². The van der Waals surface area contributed by atoms with Gasteiger partial charge in [-0.05, 0) is 17.9 Å². The van der Waals surface area contributed by atoms with Crippen molar-refractivity contribution in [3.8, 4) is 0 Å². The van der Waals surface area contributed by atoms with Gasteiger partial charge in [-0.15, -0.1) is 11.8 Å². The molecule has 1 aromatic rings. The summed E-state index contributed by atoms with van der Waals surface area (Å²) >= 11 is 6.85. The molecule has 0 bridgehead atoms. The van der Waals surface area contributed by atoms with E-state index in [1.165, 1.54) is 17.8 Å². The van der Waals surface area contributed by atoms with Crippen LogP contribution in [-0.4, -0.2) is 30.9 Å². The van der Waals surface area contributed by atoms with Crippen LogP contribution in [0.25, 0.3) is 0 Å². The lowest BCUT2D eigenvalue weighted by atomic mass is 10.7. The summed E-state index contributed by atoms with van der Waals surface area (Å²) in [6, 6.07) is 1.39. The van der Waals surface area contributed by atoms with Crippen LogP contribution in [-0.2, 0) is 9.84 Å². The zero-order chi connectivity index (χ0) is 10.1. The fraction of sp³-hybridized carbons (Fsp3) is 0.333. The van der Waals surface area contributed by atoms with E-state index in [-0.39, 0.29) is 10.3 Å². The summed E-state index contributed by atoms with van der Waals surface area (Å²) in [5.74, 6) is 0. The molecule has 0 aliphatic heterocycles. The Morgan fingerprint density at radius 2 is 2.08 bits per heavy atom. The fourth-order valence-electron chi connectivity index (χ4n) is 0.672. The summed E-state index contributed by atoms with van der Waals surface area (Å²) in [6.45, 7) is 0. The summed E-state index contributed by atoms with van der Waals surface area (Å²) in [6.07, 6.45) is 2.86. The van der Waals surface area contributed by atoms with Crippen molar-refractivity contribution in [1.29, 1.82) is 0 Å². The van der Waals surface area contributed by atoms with Crippen LogP contribution in [0.3, 0.4) is 0 Å². The van der Waals surface area contributed by atoms with E-state index in [0.29, 0.717) is 5.03 Å². The van der Waals surface area contributed by atoms with E-state index in [1.54, 1.807) is 6.26 Å². The first-order valence-electron chi connectivity index (χ1n) is 3.22. The highest BCUT2D eigenvalue weighted by Gasteiger charge is 2.11. The Hall–Kier alpha value is -0.330. The predicted molar refractivity (Wildman–Crippen MR) is 51.9 cm³/mol. The molecular formula is C6H7ClN2O2S2. The molecule has 1 aromatic heterocycles. The van der Waals surface area contributed by atoms with Gasteiger partial charge in [0.15, 0.2) is 14.9 Å². The van der Waals surface area contributed by atoms with E-state index in [4.69, 9.17) is 11.6 Å². The SMILES string of the molecule is CSc1cc(S(C)(=O)=O)nc(Cl)n1. The first-order chi connectivity index (χ1) is 5.93. The van der Waals surface area contributed by atoms with Gasteiger partial charge in [-0.3, -0.25) is 0 Å². The maximum atomic E-state index is 11.1. The average molecular weight is 239 g/mol. The Balaban J connectivity index is 3.33. The second-order valence-corrected chi connectivity index (χ2v) is 5.42. The van der Waals surface area contributed by atoms with Crippen molar-refractivity contribution in [2.24, 2.45) is 0 Å². The maximum absolute atomic E-state index is 11.1. The number of hydrogen-bond acceptors (Lipinski definition) is 5. The molecule has 0 aromatic carbocycles. The Morgan fingerprint density at radius 1 is 1.46 bits per heavy atom. The minimum Gasteiger partial charge on any atom is -0.222 e. The van der Waals surface area contributed by atoms with Crippen molar-refractivity contribution < 1.29 is 8.42 Å². The van der Waals surface area contributed by atoms with Crippen LogP contribution in [0.4, 0.5) is 0 Å². The van der Waals surface area contributed by atoms with E-state index in [9.17, 15) is 8.42 Å². The first kappa shape index (κ1) is 10.7. The van der Waals surface area contributed by atoms with Gasteiger partial charge in [0.1, 0.15) is 5.03 Å². The van der Waals surface area contributed by atoms with Gasteiger partial charge in [0.25, 0.3) is 0 Å². The summed E-state index contributed by atoms with van der Waals surface area (Å²) in [5.41, 5.74) is 0. The lowest BCUT2D eigenvalue weighted by Crippen LogP contribution is -2.02. The number of nitrogens with zero attached hydrogens (tertiary/aromatic N) is 2. The summed E-state index contributed by atoms with van der Waals surface area (Å²) in [4.78, 5) is 7.42. The van der Waals surface area contributed by atoms with E-state index < -0.39 is 9.84 Å². The van der Waals surface area contributed by atoms with Crippen molar-refractivity contribution in [2.45, 2.75) is 10.1 Å². The van der Waals surface area contributed by atoms with Gasteiger partial charge in [0.05, 0.1) is 0 Å². The summed E-state index contributed by atoms with van der Waals surface area (Å²) in [7, 11) is -3.31. The van der Waals surface area contributed by atoms with Gasteiger partial charge < -0.3 is 0 Å². The third-order valence-corrected chi connectivity index (χ3v) is 3.01. The quantitative estimate of drug-likeness (QED) is 0.441. The first-order valence-corrected chi connectivity index (χ1v) is 6.71. The number of hydrogen-bond donors (Lipinski definition) is 0. The number of rotatable bonds is 2. The molecule has 0 atom stereocenters. The van der Waals surface area contributed by atoms with Gasteiger partial charge >= 0.3 is 0 Å². The molecule has 0 aliphatic carbocycles. The van der Waals surface area contributed by atoms with E-state index in [0.717, 1.165) is 6.26 Å². The monoisotopic (exact) mass is 238 g/mol. The van der Waals surface area contributed by atoms with E-state index >= 15 is 0 Å². The van der Waals surface area contributed by atoms with Crippen molar-refractivity contribution in [3.63, 3.8) is 0 Å². The van der Waals surface area contributed by atoms with Crippen LogP contribution >= 0.6 is 23.4 Å². The highest BCUT2D eigenvalue weighted by Crippen LogP contribution is 2.17. The molecule has 1 rings (SSSR count). The van der Waals surface area contributed by atoms with E-state index in [2.05, 4.69) is 9.97 Å². The Labute approximate surface area is 85.7 Å². The molecule has 0 fully saturated rings. The van der Waals surface area contributed by atoms with Gasteiger partial charge in [-0.2, -0.15) is 0 Å². The second-order valence-electron chi connectivity index (χ2n) is 2.29. The van der Waals surface area contributed by atoms with Crippen LogP contribution in [0.2, 0.25) is 5.28 Å². The van der Waals surface area contributed by atoms with Gasteiger partial charge in [0, 0.05) is 12.3 Å². The maximum Gasteiger partial charge on any atom is 0.224 e. The zero-order valence-corrected chi connectivity index (χ0v) is 9.37. The normalized spacial score (nSPS) is 11.6. The molecule has 13 heavy (non-hydrogen) atoms. The Morgan fingerprint density at radius 3 is 2.54 bits per heavy atom. The van der Waals surface area contributed by atoms with Crippen molar-refractivity contribution >= 4 is 33.2 Å². The molecule has 1 heterocycles. The van der Waals surface area contributed by atoms with Crippen molar-refractivity contribution in [1.82, 2.24) is 9.97 Å². The van der Waals surface area contributed by atoms with Gasteiger partial charge in [0.2, 0.25) is 5.28 Å². The van der Waals surface area contributed by atoms with Gasteiger partial charge in [-0.1, -0.05) is 0 Å². The number of sulfone groups is 1. The lowest BCUT2D eigenvalue weighted by molar-refractivity contribution is 0.597. The Bertz CT molecular complexity index is 419.